The van der Waals surface area contributed by atoms with Crippen LogP contribution in [0.2, 0.25) is 0 Å². The number of amides is 1. The molecule has 1 amide bonds. The van der Waals surface area contributed by atoms with Gasteiger partial charge in [-0.2, -0.15) is 4.31 Å². The number of piperidine rings is 1. The number of aromatic nitrogens is 1. The number of hydrogen-bond acceptors (Lipinski definition) is 7. The van der Waals surface area contributed by atoms with Gasteiger partial charge in [0, 0.05) is 37.8 Å². The van der Waals surface area contributed by atoms with Crippen LogP contribution in [0.25, 0.3) is 0 Å². The number of hydrogen-bond donors (Lipinski definition) is 0. The summed E-state index contributed by atoms with van der Waals surface area (Å²) < 4.78 is 42.9. The molecule has 0 radical (unpaired) electrons. The van der Waals surface area contributed by atoms with E-state index in [-0.39, 0.29) is 35.6 Å². The van der Waals surface area contributed by atoms with E-state index in [1.807, 2.05) is 0 Å². The number of aryl methyl sites for hydroxylation is 2. The molecule has 30 heavy (non-hydrogen) atoms. The molecule has 1 aliphatic heterocycles. The van der Waals surface area contributed by atoms with Crippen molar-refractivity contribution in [3.05, 3.63) is 29.7 Å². The maximum atomic E-state index is 13.0. The number of methoxy groups -OCH3 is 2. The molecule has 0 spiro atoms. The highest BCUT2D eigenvalue weighted by molar-refractivity contribution is 7.89. The third kappa shape index (κ3) is 4.01. The lowest BCUT2D eigenvalue weighted by atomic mass is 9.96. The van der Waals surface area contributed by atoms with E-state index in [0.29, 0.717) is 35.7 Å². The molecule has 0 N–H and O–H groups in total. The molecule has 2 heterocycles. The van der Waals surface area contributed by atoms with Crippen molar-refractivity contribution in [2.75, 3.05) is 39.3 Å². The van der Waals surface area contributed by atoms with Gasteiger partial charge in [0.15, 0.2) is 17.3 Å². The third-order valence-corrected chi connectivity index (χ3v) is 7.60. The van der Waals surface area contributed by atoms with E-state index in [0.717, 1.165) is 0 Å². The molecule has 164 valence electrons. The lowest BCUT2D eigenvalue weighted by molar-refractivity contribution is -0.123. The van der Waals surface area contributed by atoms with Gasteiger partial charge >= 0.3 is 0 Å². The molecule has 0 saturated carbocycles. The van der Waals surface area contributed by atoms with E-state index in [1.54, 1.807) is 58.2 Å². The van der Waals surface area contributed by atoms with Gasteiger partial charge in [-0.05, 0) is 38.8 Å². The summed E-state index contributed by atoms with van der Waals surface area (Å²) in [7, 11) is 1.10. The first kappa shape index (κ1) is 22.1. The van der Waals surface area contributed by atoms with Crippen LogP contribution in [0.5, 0.6) is 11.5 Å². The van der Waals surface area contributed by atoms with Gasteiger partial charge in [0.25, 0.3) is 0 Å². The maximum Gasteiger partial charge on any atom is 0.248 e. The normalized spacial score (nSPS) is 15.8. The monoisotopic (exact) mass is 437 g/mol. The second-order valence-electron chi connectivity index (χ2n) is 7.27. The van der Waals surface area contributed by atoms with Crippen molar-refractivity contribution >= 4 is 21.6 Å². The first-order chi connectivity index (χ1) is 14.2. The van der Waals surface area contributed by atoms with Crippen molar-refractivity contribution in [2.24, 2.45) is 5.92 Å². The van der Waals surface area contributed by atoms with Crippen LogP contribution >= 0.6 is 0 Å². The summed E-state index contributed by atoms with van der Waals surface area (Å²) in [6, 6.07) is 5.28. The highest BCUT2D eigenvalue weighted by atomic mass is 32.2. The van der Waals surface area contributed by atoms with E-state index in [2.05, 4.69) is 5.16 Å². The van der Waals surface area contributed by atoms with Gasteiger partial charge in [0.1, 0.15) is 10.6 Å². The first-order valence-corrected chi connectivity index (χ1v) is 11.1. The Morgan fingerprint density at radius 1 is 1.17 bits per heavy atom. The number of ether oxygens (including phenoxy) is 2. The molecule has 9 nitrogen and oxygen atoms in total. The van der Waals surface area contributed by atoms with E-state index in [4.69, 9.17) is 14.0 Å². The highest BCUT2D eigenvalue weighted by Gasteiger charge is 2.36. The van der Waals surface area contributed by atoms with Crippen LogP contribution < -0.4 is 14.4 Å². The van der Waals surface area contributed by atoms with Gasteiger partial charge in [-0.25, -0.2) is 8.42 Å². The van der Waals surface area contributed by atoms with Crippen LogP contribution in [-0.2, 0) is 14.8 Å². The third-order valence-electron chi connectivity index (χ3n) is 5.45. The number of carbonyl (C=O) groups is 1. The summed E-state index contributed by atoms with van der Waals surface area (Å²) in [4.78, 5) is 14.7. The lowest BCUT2D eigenvalue weighted by Gasteiger charge is -2.32. The van der Waals surface area contributed by atoms with Crippen molar-refractivity contribution in [1.82, 2.24) is 9.46 Å². The Balaban J connectivity index is 1.69. The summed E-state index contributed by atoms with van der Waals surface area (Å²) >= 11 is 0. The molecule has 1 fully saturated rings. The molecule has 10 heteroatoms. The van der Waals surface area contributed by atoms with Crippen molar-refractivity contribution in [1.29, 1.82) is 0 Å². The van der Waals surface area contributed by atoms with Crippen molar-refractivity contribution in [3.63, 3.8) is 0 Å². The van der Waals surface area contributed by atoms with Crippen molar-refractivity contribution < 1.29 is 27.2 Å². The Bertz CT molecular complexity index is 1010. The Morgan fingerprint density at radius 3 is 2.33 bits per heavy atom. The van der Waals surface area contributed by atoms with E-state index in [9.17, 15) is 13.2 Å². The minimum Gasteiger partial charge on any atom is -0.493 e. The van der Waals surface area contributed by atoms with Gasteiger partial charge in [-0.15, -0.1) is 0 Å². The molecule has 2 aromatic rings. The molecular weight excluding hydrogens is 410 g/mol. The second-order valence-corrected chi connectivity index (χ2v) is 9.14. The van der Waals surface area contributed by atoms with Crippen molar-refractivity contribution in [3.8, 4) is 11.5 Å². The molecule has 3 rings (SSSR count). The summed E-state index contributed by atoms with van der Waals surface area (Å²) in [5.74, 6) is 1.07. The lowest BCUT2D eigenvalue weighted by Crippen LogP contribution is -2.43. The molecule has 0 bridgehead atoms. The number of benzene rings is 1. The topological polar surface area (TPSA) is 102 Å². The van der Waals surface area contributed by atoms with E-state index in [1.165, 1.54) is 4.31 Å². The van der Waals surface area contributed by atoms with Gasteiger partial charge in [-0.3, -0.25) is 4.79 Å². The fourth-order valence-electron chi connectivity index (χ4n) is 3.75. The smallest absolute Gasteiger partial charge is 0.248 e. The van der Waals surface area contributed by atoms with Crippen LogP contribution in [0, 0.1) is 19.8 Å². The second kappa shape index (κ2) is 8.65. The standard InChI is InChI=1S/C20H27N3O6S/c1-13-19(14(2)29-21-13)30(25,26)23-10-8-15(9-11-23)20(24)22(3)16-6-7-17(27-4)18(12-16)28-5/h6-7,12,15H,8-11H2,1-5H3. The molecule has 1 aliphatic rings. The minimum absolute atomic E-state index is 0.0587. The number of nitrogens with zero attached hydrogens (tertiary/aromatic N) is 3. The fraction of sp³-hybridized carbons (Fsp3) is 0.500. The number of sulfonamides is 1. The summed E-state index contributed by atoms with van der Waals surface area (Å²) in [6.07, 6.45) is 0.887. The van der Waals surface area contributed by atoms with E-state index >= 15 is 0 Å². The molecule has 0 aliphatic carbocycles. The average molecular weight is 438 g/mol. The predicted octanol–water partition coefficient (Wildman–Crippen LogP) is 2.37. The Morgan fingerprint density at radius 2 is 1.80 bits per heavy atom. The number of rotatable bonds is 6. The van der Waals surface area contributed by atoms with Crippen LogP contribution in [0.15, 0.2) is 27.6 Å². The maximum absolute atomic E-state index is 13.0. The fourth-order valence-corrected chi connectivity index (χ4v) is 5.51. The summed E-state index contributed by atoms with van der Waals surface area (Å²) in [5, 5.41) is 3.74. The zero-order chi connectivity index (χ0) is 22.1. The Kier molecular flexibility index (Phi) is 6.37. The van der Waals surface area contributed by atoms with Gasteiger partial charge < -0.3 is 18.9 Å². The van der Waals surface area contributed by atoms with Crippen molar-refractivity contribution in [2.45, 2.75) is 31.6 Å². The minimum atomic E-state index is -3.70. The SMILES string of the molecule is COc1ccc(N(C)C(=O)C2CCN(S(=O)(=O)c3c(C)noc3C)CC2)cc1OC. The van der Waals surface area contributed by atoms with Crippen LogP contribution in [-0.4, -0.2) is 58.1 Å². The largest absolute Gasteiger partial charge is 0.493 e. The average Bonchev–Trinajstić information content (AvgIpc) is 3.10. The number of anilines is 1. The summed E-state index contributed by atoms with van der Waals surface area (Å²) in [6.45, 7) is 3.73. The quantitative estimate of drug-likeness (QED) is 0.684. The molecule has 1 aromatic carbocycles. The van der Waals surface area contributed by atoms with Gasteiger partial charge in [0.05, 0.1) is 14.2 Å². The molecule has 0 atom stereocenters. The van der Waals surface area contributed by atoms with Crippen LogP contribution in [0.3, 0.4) is 0 Å². The zero-order valence-electron chi connectivity index (χ0n) is 17.8. The molecule has 0 unspecified atom stereocenters. The van der Waals surface area contributed by atoms with E-state index < -0.39 is 10.0 Å². The number of carbonyl (C=O) groups excluding carboxylic acids is 1. The van der Waals surface area contributed by atoms with Gasteiger partial charge in [0.2, 0.25) is 15.9 Å². The van der Waals surface area contributed by atoms with Crippen LogP contribution in [0.4, 0.5) is 5.69 Å². The zero-order valence-corrected chi connectivity index (χ0v) is 18.7. The Labute approximate surface area is 176 Å². The molecule has 1 saturated heterocycles. The Hall–Kier alpha value is -2.59. The first-order valence-electron chi connectivity index (χ1n) is 9.63. The molecule has 1 aromatic heterocycles. The van der Waals surface area contributed by atoms with Gasteiger partial charge in [-0.1, -0.05) is 5.16 Å². The summed E-state index contributed by atoms with van der Waals surface area (Å²) in [5.41, 5.74) is 1.03. The highest BCUT2D eigenvalue weighted by Crippen LogP contribution is 2.33. The van der Waals surface area contributed by atoms with Crippen LogP contribution in [0.1, 0.15) is 24.3 Å². The predicted molar refractivity (Wildman–Crippen MR) is 110 cm³/mol. The molecular formula is C20H27N3O6S.